The number of hydrogen-bond acceptors (Lipinski definition) is 2. The molecule has 0 heterocycles. The van der Waals surface area contributed by atoms with Gasteiger partial charge in [0.1, 0.15) is 0 Å². The average Bonchev–Trinajstić information content (AvgIpc) is 2.70. The predicted octanol–water partition coefficient (Wildman–Crippen LogP) is 4.39. The minimum Gasteiger partial charge on any atom is -0.281 e. The van der Waals surface area contributed by atoms with Gasteiger partial charge in [-0.1, -0.05) is 0 Å². The van der Waals surface area contributed by atoms with E-state index >= 15 is 0 Å². The number of halogens is 25. The van der Waals surface area contributed by atoms with Crippen LogP contribution < -0.4 is 29.6 Å². The molecule has 0 amide bonds. The van der Waals surface area contributed by atoms with Gasteiger partial charge < -0.3 is 0 Å². The van der Waals surface area contributed by atoms with Crippen molar-refractivity contribution in [2.45, 2.75) is 70.7 Å². The van der Waals surface area contributed by atoms with Gasteiger partial charge in [0.25, 0.3) is 0 Å². The molecular weight excluding hydrogens is 722 g/mol. The molecule has 248 valence electrons. The van der Waals surface area contributed by atoms with E-state index in [0.717, 1.165) is 0 Å². The average molecular weight is 723 g/mol. The predicted molar refractivity (Wildman–Crippen MR) is 72.0 cm³/mol. The molecule has 42 heavy (non-hydrogen) atoms. The van der Waals surface area contributed by atoms with Gasteiger partial charge >= 0.3 is 110 Å². The summed E-state index contributed by atoms with van der Waals surface area (Å²) in [6.07, 6.45) is -8.23. The van der Waals surface area contributed by atoms with Crippen molar-refractivity contribution >= 4 is 10.1 Å². The van der Waals surface area contributed by atoms with Gasteiger partial charge in [-0.3, -0.25) is 4.55 Å². The Morgan fingerprint density at radius 2 is 0.452 bits per heavy atom. The fourth-order valence-electron chi connectivity index (χ4n) is 2.10. The van der Waals surface area contributed by atoms with Gasteiger partial charge in [-0.15, -0.1) is 0 Å². The Balaban J connectivity index is 0. The molecule has 0 aliphatic heterocycles. The van der Waals surface area contributed by atoms with Gasteiger partial charge in [-0.05, 0) is 0 Å². The summed E-state index contributed by atoms with van der Waals surface area (Å²) in [7, 11) is -8.24. The maximum absolute atomic E-state index is 13.5. The molecule has 0 atom stereocenters. The molecule has 0 aliphatic carbocycles. The number of alkyl halides is 25. The number of hydrogen-bond donors (Lipinski definition) is 1. The van der Waals surface area contributed by atoms with Gasteiger partial charge in [0.15, 0.2) is 0 Å². The van der Waals surface area contributed by atoms with Crippen LogP contribution in [0.1, 0.15) is 0 Å². The minimum atomic E-state index is -9.76. The third-order valence-corrected chi connectivity index (χ3v) is 5.50. The molecule has 0 aromatic rings. The van der Waals surface area contributed by atoms with Crippen LogP contribution in [0.15, 0.2) is 0 Å². The van der Waals surface area contributed by atoms with Crippen LogP contribution in [-0.2, 0) is 10.1 Å². The molecule has 1 N–H and O–H groups in total. The summed E-state index contributed by atoms with van der Waals surface area (Å²) < 4.78 is 355. The van der Waals surface area contributed by atoms with E-state index in [1.54, 1.807) is 0 Å². The van der Waals surface area contributed by atoms with Crippen molar-refractivity contribution in [3.05, 3.63) is 0 Å². The maximum Gasteiger partial charge on any atom is 1.00 e. The summed E-state index contributed by atoms with van der Waals surface area (Å²) >= 11 is 0. The van der Waals surface area contributed by atoms with Crippen molar-refractivity contribution in [3.63, 3.8) is 0 Å². The summed E-state index contributed by atoms with van der Waals surface area (Å²) in [6.45, 7) is 0. The first-order valence-electron chi connectivity index (χ1n) is 8.19. The Morgan fingerprint density at radius 1 is 0.310 bits per heavy atom. The van der Waals surface area contributed by atoms with Gasteiger partial charge in [-0.2, -0.15) is 118 Å². The van der Waals surface area contributed by atoms with E-state index in [4.69, 9.17) is 4.55 Å². The molecule has 30 heteroatoms. The summed E-state index contributed by atoms with van der Waals surface area (Å²) in [5, 5.41) is -8.22. The molecule has 0 rings (SSSR count). The van der Waals surface area contributed by atoms with Crippen molar-refractivity contribution < 1.29 is 152 Å². The van der Waals surface area contributed by atoms with Crippen molar-refractivity contribution in [1.82, 2.24) is 0 Å². The zero-order valence-corrected chi connectivity index (χ0v) is 20.9. The van der Waals surface area contributed by atoms with Crippen molar-refractivity contribution in [1.29, 1.82) is 0 Å². The molecule has 0 radical (unpaired) electrons. The van der Waals surface area contributed by atoms with E-state index in [1.165, 1.54) is 0 Å². The fourth-order valence-corrected chi connectivity index (χ4v) is 2.55. The summed E-state index contributed by atoms with van der Waals surface area (Å²) in [6, 6.07) is 0. The Kier molecular flexibility index (Phi) is 10.7. The zero-order chi connectivity index (χ0) is 34.5. The SMILES string of the molecule is O=S(=O)(O)C(F)(F)C(F)(F)C(F)(F)C(F)(F)C(F)(F)C(F)(F)C(F)(F)C(F)(F)C(F)(F)C(F)(F)C(F)(F)C(F)(F)F.[Na+]. The van der Waals surface area contributed by atoms with Crippen LogP contribution in [-0.4, -0.2) is 83.6 Å². The Hall–Kier alpha value is -0.840. The second-order valence-corrected chi connectivity index (χ2v) is 8.70. The van der Waals surface area contributed by atoms with Crippen molar-refractivity contribution in [2.24, 2.45) is 0 Å². The second kappa shape index (κ2) is 10.3. The molecule has 0 bridgehead atoms. The van der Waals surface area contributed by atoms with Crippen LogP contribution >= 0.6 is 0 Å². The van der Waals surface area contributed by atoms with E-state index in [1.807, 2.05) is 0 Å². The van der Waals surface area contributed by atoms with Crippen molar-refractivity contribution in [3.8, 4) is 0 Å². The Labute approximate surface area is 233 Å². The smallest absolute Gasteiger partial charge is 0.281 e. The monoisotopic (exact) mass is 723 g/mol. The molecular formula is C12HF25NaO3S+. The zero-order valence-electron chi connectivity index (χ0n) is 18.1. The number of rotatable bonds is 11. The third kappa shape index (κ3) is 4.97. The van der Waals surface area contributed by atoms with Crippen LogP contribution in [0.2, 0.25) is 0 Å². The molecule has 3 nitrogen and oxygen atoms in total. The van der Waals surface area contributed by atoms with Crippen LogP contribution in [0.5, 0.6) is 0 Å². The van der Waals surface area contributed by atoms with E-state index in [-0.39, 0.29) is 29.6 Å². The van der Waals surface area contributed by atoms with Crippen LogP contribution in [0.25, 0.3) is 0 Å². The molecule has 0 aromatic carbocycles. The first-order valence-corrected chi connectivity index (χ1v) is 9.63. The van der Waals surface area contributed by atoms with Gasteiger partial charge in [0, 0.05) is 0 Å². The largest absolute Gasteiger partial charge is 1.00 e. The molecule has 0 saturated heterocycles. The first-order chi connectivity index (χ1) is 17.0. The molecule has 0 aliphatic rings. The van der Waals surface area contributed by atoms with Crippen LogP contribution in [0.4, 0.5) is 110 Å². The maximum atomic E-state index is 13.5. The van der Waals surface area contributed by atoms with Gasteiger partial charge in [0.2, 0.25) is 0 Å². The quantitative estimate of drug-likeness (QED) is 0.196. The van der Waals surface area contributed by atoms with Gasteiger partial charge in [-0.25, -0.2) is 0 Å². The van der Waals surface area contributed by atoms with Crippen LogP contribution in [0.3, 0.4) is 0 Å². The standard InChI is InChI=1S/C12HF25O3S.Na/c13-1(14,3(17,18)5(21,22)7(25,26)9(29,30)11(33,34)35)2(15,16)4(19,20)6(23,24)8(27,28)10(31,32)12(36,37)41(38,39)40;/h(H,38,39,40);/q;+1. The Morgan fingerprint density at radius 3 is 0.595 bits per heavy atom. The third-order valence-electron chi connectivity index (χ3n) is 4.59. The molecule has 0 unspecified atom stereocenters. The second-order valence-electron chi connectivity index (χ2n) is 7.23. The molecule has 0 saturated carbocycles. The first kappa shape index (κ1) is 43.3. The van der Waals surface area contributed by atoms with Gasteiger partial charge in [0.05, 0.1) is 0 Å². The Bertz CT molecular complexity index is 1100. The summed E-state index contributed by atoms with van der Waals surface area (Å²) in [4.78, 5) is 0. The van der Waals surface area contributed by atoms with Crippen molar-refractivity contribution in [2.75, 3.05) is 0 Å². The minimum absolute atomic E-state index is 0. The normalized spacial score (nSPS) is 16.8. The van der Waals surface area contributed by atoms with E-state index in [2.05, 4.69) is 0 Å². The summed E-state index contributed by atoms with van der Waals surface area (Å²) in [5.41, 5.74) is 0. The van der Waals surface area contributed by atoms with Crippen LogP contribution in [0, 0.1) is 0 Å². The van der Waals surface area contributed by atoms with E-state index in [9.17, 15) is 118 Å². The fraction of sp³-hybridized carbons (Fsp3) is 1.00. The molecule has 0 aromatic heterocycles. The molecule has 0 fully saturated rings. The topological polar surface area (TPSA) is 54.4 Å². The van der Waals surface area contributed by atoms with E-state index in [0.29, 0.717) is 0 Å². The molecule has 0 spiro atoms. The summed E-state index contributed by atoms with van der Waals surface area (Å²) in [5.74, 6) is -94.0. The van der Waals surface area contributed by atoms with E-state index < -0.39 is 80.8 Å².